The first-order valence-corrected chi connectivity index (χ1v) is 14.0. The number of fused-ring (bicyclic) bond motifs is 3. The number of benzene rings is 3. The first kappa shape index (κ1) is 24.7. The number of carboxylic acids is 1. The maximum atomic E-state index is 11.7. The van der Waals surface area contributed by atoms with Gasteiger partial charge in [0.05, 0.1) is 11.8 Å². The monoisotopic (exact) mass is 505 g/mol. The zero-order valence-corrected chi connectivity index (χ0v) is 22.5. The maximum absolute atomic E-state index is 11.7. The standard InChI is InChI=1S/C34H36N2O2/c1-33(24-25-13-5-3-6-14-25)26-15-7-9-17-28(26)35(2)30(33)23-31-34(20-11-4-12-21-34)27-16-8-10-18-29(27)36(31)22-19-32(37)38/h3,5-10,13-18,23H,4,11-12,19-22,24H2,1-2H3/p+1. The molecule has 3 aromatic carbocycles. The summed E-state index contributed by atoms with van der Waals surface area (Å²) in [7, 11) is 2.19. The van der Waals surface area contributed by atoms with Crippen LogP contribution in [0.4, 0.5) is 11.4 Å². The molecule has 194 valence electrons. The van der Waals surface area contributed by atoms with E-state index in [0.29, 0.717) is 6.54 Å². The summed E-state index contributed by atoms with van der Waals surface area (Å²) in [5.41, 5.74) is 8.79. The van der Waals surface area contributed by atoms with Gasteiger partial charge in [-0.15, -0.1) is 0 Å². The number of anilines is 1. The molecule has 2 aliphatic heterocycles. The van der Waals surface area contributed by atoms with Crippen LogP contribution in [0.25, 0.3) is 0 Å². The van der Waals surface area contributed by atoms with Gasteiger partial charge in [-0.1, -0.05) is 86.0 Å². The molecule has 1 unspecified atom stereocenters. The molecule has 6 rings (SSSR count). The van der Waals surface area contributed by atoms with Crippen molar-refractivity contribution in [2.24, 2.45) is 0 Å². The van der Waals surface area contributed by atoms with Crippen molar-refractivity contribution in [3.05, 3.63) is 107 Å². The van der Waals surface area contributed by atoms with E-state index in [1.165, 1.54) is 58.7 Å². The van der Waals surface area contributed by atoms with Crippen LogP contribution in [0.1, 0.15) is 62.1 Å². The Balaban J connectivity index is 1.55. The van der Waals surface area contributed by atoms with Gasteiger partial charge in [0.25, 0.3) is 0 Å². The fourth-order valence-corrected chi connectivity index (χ4v) is 7.43. The van der Waals surface area contributed by atoms with Crippen LogP contribution < -0.4 is 4.90 Å². The van der Waals surface area contributed by atoms with Crippen LogP contribution in [0, 0.1) is 0 Å². The predicted octanol–water partition coefficient (Wildman–Crippen LogP) is 7.00. The number of carbonyl (C=O) groups is 1. The lowest BCUT2D eigenvalue weighted by atomic mass is 9.67. The van der Waals surface area contributed by atoms with Gasteiger partial charge in [0.15, 0.2) is 5.71 Å². The van der Waals surface area contributed by atoms with Crippen molar-refractivity contribution in [2.75, 3.05) is 18.5 Å². The second kappa shape index (κ2) is 9.58. The van der Waals surface area contributed by atoms with Crippen LogP contribution in [-0.2, 0) is 22.0 Å². The van der Waals surface area contributed by atoms with Crippen LogP contribution in [0.5, 0.6) is 0 Å². The molecule has 0 amide bonds. The maximum Gasteiger partial charge on any atom is 0.305 e. The normalized spacial score (nSPS) is 22.7. The van der Waals surface area contributed by atoms with E-state index in [1.807, 2.05) is 0 Å². The lowest BCUT2D eigenvalue weighted by molar-refractivity contribution is -0.401. The Morgan fingerprint density at radius 3 is 2.32 bits per heavy atom. The Labute approximate surface area is 225 Å². The minimum absolute atomic E-state index is 0.0659. The van der Waals surface area contributed by atoms with Crippen molar-refractivity contribution in [3.63, 3.8) is 0 Å². The number of para-hydroxylation sites is 2. The van der Waals surface area contributed by atoms with Crippen LogP contribution in [0.15, 0.2) is 90.6 Å². The summed E-state index contributed by atoms with van der Waals surface area (Å²) in [4.78, 5) is 14.1. The van der Waals surface area contributed by atoms with E-state index >= 15 is 0 Å². The summed E-state index contributed by atoms with van der Waals surface area (Å²) in [6.45, 7) is 2.87. The molecule has 4 heteroatoms. The Hall–Kier alpha value is -3.66. The zero-order chi connectivity index (χ0) is 26.3. The van der Waals surface area contributed by atoms with Gasteiger partial charge >= 0.3 is 5.97 Å². The fourth-order valence-electron chi connectivity index (χ4n) is 7.43. The number of nitrogens with zero attached hydrogens (tertiary/aromatic N) is 2. The minimum atomic E-state index is -0.751. The largest absolute Gasteiger partial charge is 0.481 e. The van der Waals surface area contributed by atoms with Crippen LogP contribution in [-0.4, -0.2) is 35.0 Å². The van der Waals surface area contributed by atoms with E-state index in [9.17, 15) is 9.90 Å². The molecular formula is C34H37N2O2+. The zero-order valence-electron chi connectivity index (χ0n) is 22.5. The quantitative estimate of drug-likeness (QED) is 0.367. The highest BCUT2D eigenvalue weighted by Gasteiger charge is 2.51. The highest BCUT2D eigenvalue weighted by Crippen LogP contribution is 2.56. The third-order valence-electron chi connectivity index (χ3n) is 9.21. The first-order chi connectivity index (χ1) is 18.4. The summed E-state index contributed by atoms with van der Waals surface area (Å²) in [6.07, 6.45) is 9.36. The molecular weight excluding hydrogens is 468 g/mol. The molecule has 38 heavy (non-hydrogen) atoms. The average Bonchev–Trinajstić information content (AvgIpc) is 3.30. The predicted molar refractivity (Wildman–Crippen MR) is 154 cm³/mol. The van der Waals surface area contributed by atoms with Crippen molar-refractivity contribution >= 4 is 23.1 Å². The van der Waals surface area contributed by atoms with Crippen LogP contribution in [0.3, 0.4) is 0 Å². The van der Waals surface area contributed by atoms with Gasteiger partial charge < -0.3 is 10.0 Å². The van der Waals surface area contributed by atoms with Gasteiger partial charge in [-0.3, -0.25) is 4.79 Å². The summed E-state index contributed by atoms with van der Waals surface area (Å²) in [6, 6.07) is 28.3. The van der Waals surface area contributed by atoms with Gasteiger partial charge in [0.2, 0.25) is 5.69 Å². The van der Waals surface area contributed by atoms with Gasteiger partial charge in [0, 0.05) is 41.1 Å². The summed E-state index contributed by atoms with van der Waals surface area (Å²) in [5.74, 6) is -0.751. The molecule has 3 aromatic rings. The molecule has 1 fully saturated rings. The minimum Gasteiger partial charge on any atom is -0.481 e. The van der Waals surface area contributed by atoms with E-state index < -0.39 is 5.97 Å². The molecule has 1 atom stereocenters. The van der Waals surface area contributed by atoms with Crippen LogP contribution >= 0.6 is 0 Å². The first-order valence-electron chi connectivity index (χ1n) is 14.0. The third-order valence-corrected chi connectivity index (χ3v) is 9.21. The molecule has 4 nitrogen and oxygen atoms in total. The number of aliphatic carboxylic acids is 1. The summed E-state index contributed by atoms with van der Waals surface area (Å²) >= 11 is 0. The second-order valence-corrected chi connectivity index (χ2v) is 11.4. The van der Waals surface area contributed by atoms with Gasteiger partial charge in [-0.05, 0) is 43.4 Å². The van der Waals surface area contributed by atoms with Crippen molar-refractivity contribution in [1.29, 1.82) is 0 Å². The van der Waals surface area contributed by atoms with Gasteiger partial charge in [0.1, 0.15) is 7.05 Å². The van der Waals surface area contributed by atoms with Crippen molar-refractivity contribution in [1.82, 2.24) is 0 Å². The number of hydrogen-bond acceptors (Lipinski definition) is 2. The Kier molecular flexibility index (Phi) is 6.22. The molecule has 0 aromatic heterocycles. The number of allylic oxidation sites excluding steroid dienone is 2. The molecule has 1 N–H and O–H groups in total. The fraction of sp³-hybridized carbons (Fsp3) is 0.353. The lowest BCUT2D eigenvalue weighted by Crippen LogP contribution is -2.38. The molecule has 3 aliphatic rings. The Morgan fingerprint density at radius 2 is 1.58 bits per heavy atom. The molecule has 1 aliphatic carbocycles. The summed E-state index contributed by atoms with van der Waals surface area (Å²) < 4.78 is 2.38. The van der Waals surface area contributed by atoms with Gasteiger partial charge in [-0.2, -0.15) is 4.58 Å². The van der Waals surface area contributed by atoms with E-state index in [-0.39, 0.29) is 17.3 Å². The van der Waals surface area contributed by atoms with Crippen LogP contribution in [0.2, 0.25) is 0 Å². The topological polar surface area (TPSA) is 43.5 Å². The smallest absolute Gasteiger partial charge is 0.305 e. The highest BCUT2D eigenvalue weighted by molar-refractivity contribution is 6.05. The molecule has 0 radical (unpaired) electrons. The average molecular weight is 506 g/mol. The van der Waals surface area contributed by atoms with E-state index in [2.05, 4.69) is 108 Å². The Morgan fingerprint density at radius 1 is 0.921 bits per heavy atom. The SMILES string of the molecule is C[N+]1=C(/C=C2/N(CCC(=O)O)c3ccccc3C23CCCCC3)C(C)(Cc2ccccc2)c2ccccc21. The van der Waals surface area contributed by atoms with E-state index in [1.54, 1.807) is 0 Å². The molecule has 2 heterocycles. The number of rotatable bonds is 6. The molecule has 1 saturated carbocycles. The molecule has 0 saturated heterocycles. The van der Waals surface area contributed by atoms with Crippen molar-refractivity contribution in [3.8, 4) is 0 Å². The number of hydrogen-bond donors (Lipinski definition) is 1. The van der Waals surface area contributed by atoms with Crippen molar-refractivity contribution < 1.29 is 14.5 Å². The Bertz CT molecular complexity index is 1430. The summed E-state index contributed by atoms with van der Waals surface area (Å²) in [5, 5.41) is 9.64. The second-order valence-electron chi connectivity index (χ2n) is 11.4. The molecule has 0 bridgehead atoms. The number of carboxylic acid groups (broad SMARTS) is 1. The molecule has 1 spiro atoms. The van der Waals surface area contributed by atoms with E-state index in [0.717, 1.165) is 19.3 Å². The third kappa shape index (κ3) is 3.89. The van der Waals surface area contributed by atoms with Gasteiger partial charge in [-0.25, -0.2) is 0 Å². The lowest BCUT2D eigenvalue weighted by Gasteiger charge is -2.37. The van der Waals surface area contributed by atoms with E-state index in [4.69, 9.17) is 0 Å². The van der Waals surface area contributed by atoms with Crippen molar-refractivity contribution in [2.45, 2.75) is 62.7 Å². The highest BCUT2D eigenvalue weighted by atomic mass is 16.4.